The van der Waals surface area contributed by atoms with Crippen molar-refractivity contribution < 1.29 is 13.2 Å². The summed E-state index contributed by atoms with van der Waals surface area (Å²) in [5.41, 5.74) is 2.15. The van der Waals surface area contributed by atoms with E-state index in [1.807, 2.05) is 38.1 Å². The minimum atomic E-state index is -3.52. The van der Waals surface area contributed by atoms with Crippen molar-refractivity contribution in [2.45, 2.75) is 44.0 Å². The number of aryl methyl sites for hydroxylation is 1. The molecule has 1 amide bonds. The van der Waals surface area contributed by atoms with Gasteiger partial charge in [-0.1, -0.05) is 24.6 Å². The summed E-state index contributed by atoms with van der Waals surface area (Å²) in [6.07, 6.45) is 2.84. The number of carbonyl (C=O) groups is 1. The molecule has 138 valence electrons. The van der Waals surface area contributed by atoms with Gasteiger partial charge < -0.3 is 5.32 Å². The lowest BCUT2D eigenvalue weighted by Crippen LogP contribution is -2.41. The number of nitrogens with one attached hydrogen (secondary N) is 1. The molecule has 0 saturated carbocycles. The zero-order valence-electron chi connectivity index (χ0n) is 15.1. The molecule has 0 unspecified atom stereocenters. The van der Waals surface area contributed by atoms with E-state index in [1.165, 1.54) is 12.1 Å². The smallest absolute Gasteiger partial charge is 0.255 e. The fourth-order valence-electron chi connectivity index (χ4n) is 3.25. The third kappa shape index (κ3) is 3.81. The molecule has 1 heterocycles. The van der Waals surface area contributed by atoms with E-state index >= 15 is 0 Å². The Labute approximate surface area is 155 Å². The van der Waals surface area contributed by atoms with Crippen molar-refractivity contribution in [2.75, 3.05) is 11.9 Å². The van der Waals surface area contributed by atoms with Gasteiger partial charge in [0, 0.05) is 23.8 Å². The number of anilines is 1. The molecule has 1 fully saturated rings. The third-order valence-corrected chi connectivity index (χ3v) is 6.89. The van der Waals surface area contributed by atoms with Crippen molar-refractivity contribution >= 4 is 21.6 Å². The Balaban J connectivity index is 1.77. The zero-order chi connectivity index (χ0) is 18.7. The van der Waals surface area contributed by atoms with Crippen LogP contribution in [0.5, 0.6) is 0 Å². The Bertz CT molecular complexity index is 892. The van der Waals surface area contributed by atoms with Crippen molar-refractivity contribution in [2.24, 2.45) is 0 Å². The van der Waals surface area contributed by atoms with Crippen LogP contribution in [0.3, 0.4) is 0 Å². The normalized spacial score (nSPS) is 18.5. The van der Waals surface area contributed by atoms with Crippen LogP contribution in [0.1, 0.15) is 42.1 Å². The van der Waals surface area contributed by atoms with Crippen LogP contribution in [-0.4, -0.2) is 31.2 Å². The van der Waals surface area contributed by atoms with Crippen LogP contribution in [0.15, 0.2) is 53.4 Å². The number of carbonyl (C=O) groups excluding carboxylic acids is 1. The average molecular weight is 372 g/mol. The second-order valence-electron chi connectivity index (χ2n) is 6.75. The zero-order valence-corrected chi connectivity index (χ0v) is 15.9. The number of hydrogen-bond donors (Lipinski definition) is 1. The summed E-state index contributed by atoms with van der Waals surface area (Å²) in [7, 11) is -3.52. The SMILES string of the molecule is Cc1ccccc1NC(=O)c1ccc(S(=O)(=O)N2CCCC[C@H]2C)cc1. The van der Waals surface area contributed by atoms with Crippen LogP contribution in [0.25, 0.3) is 0 Å². The molecule has 0 aromatic heterocycles. The van der Waals surface area contributed by atoms with E-state index in [4.69, 9.17) is 0 Å². The highest BCUT2D eigenvalue weighted by molar-refractivity contribution is 7.89. The molecule has 1 saturated heterocycles. The molecule has 1 aliphatic rings. The molecule has 1 N–H and O–H groups in total. The van der Waals surface area contributed by atoms with E-state index in [0.29, 0.717) is 12.1 Å². The minimum Gasteiger partial charge on any atom is -0.322 e. The molecule has 2 aromatic carbocycles. The number of piperidine rings is 1. The van der Waals surface area contributed by atoms with E-state index in [2.05, 4.69) is 5.32 Å². The van der Waals surface area contributed by atoms with Gasteiger partial charge in [0.25, 0.3) is 5.91 Å². The molecule has 6 heteroatoms. The fourth-order valence-corrected chi connectivity index (χ4v) is 4.95. The maximum absolute atomic E-state index is 12.8. The molecular formula is C20H24N2O3S. The first kappa shape index (κ1) is 18.6. The summed E-state index contributed by atoms with van der Waals surface area (Å²) in [4.78, 5) is 12.6. The highest BCUT2D eigenvalue weighted by Crippen LogP contribution is 2.25. The molecule has 0 radical (unpaired) electrons. The summed E-state index contributed by atoms with van der Waals surface area (Å²) >= 11 is 0. The van der Waals surface area contributed by atoms with Crippen molar-refractivity contribution in [1.29, 1.82) is 0 Å². The van der Waals surface area contributed by atoms with E-state index in [-0.39, 0.29) is 16.8 Å². The van der Waals surface area contributed by atoms with E-state index in [0.717, 1.165) is 30.5 Å². The molecule has 1 aliphatic heterocycles. The summed E-state index contributed by atoms with van der Waals surface area (Å²) in [5.74, 6) is -0.255. The standard InChI is InChI=1S/C20H24N2O3S/c1-15-7-3-4-9-19(15)21-20(23)17-10-12-18(13-11-17)26(24,25)22-14-6-5-8-16(22)2/h3-4,7,9-13,16H,5-6,8,14H2,1-2H3,(H,21,23)/t16-/m1/s1. The first-order valence-corrected chi connectivity index (χ1v) is 10.3. The van der Waals surface area contributed by atoms with Gasteiger partial charge in [-0.3, -0.25) is 4.79 Å². The molecule has 2 aromatic rings. The number of amides is 1. The Hall–Kier alpha value is -2.18. The fraction of sp³-hybridized carbons (Fsp3) is 0.350. The van der Waals surface area contributed by atoms with Gasteiger partial charge in [-0.2, -0.15) is 4.31 Å². The van der Waals surface area contributed by atoms with E-state index in [1.54, 1.807) is 16.4 Å². The van der Waals surface area contributed by atoms with E-state index in [9.17, 15) is 13.2 Å². The lowest BCUT2D eigenvalue weighted by atomic mass is 10.1. The number of para-hydroxylation sites is 1. The van der Waals surface area contributed by atoms with Crippen molar-refractivity contribution in [3.05, 3.63) is 59.7 Å². The topological polar surface area (TPSA) is 66.5 Å². The first-order valence-electron chi connectivity index (χ1n) is 8.88. The van der Waals surface area contributed by atoms with Gasteiger partial charge in [-0.25, -0.2) is 8.42 Å². The van der Waals surface area contributed by atoms with E-state index < -0.39 is 10.0 Å². The van der Waals surface area contributed by atoms with Crippen LogP contribution in [0, 0.1) is 6.92 Å². The van der Waals surface area contributed by atoms with Crippen LogP contribution in [0.2, 0.25) is 0 Å². The van der Waals surface area contributed by atoms with Gasteiger partial charge in [-0.15, -0.1) is 0 Å². The molecule has 3 rings (SSSR count). The van der Waals surface area contributed by atoms with Crippen molar-refractivity contribution in [1.82, 2.24) is 4.31 Å². The summed E-state index contributed by atoms with van der Waals surface area (Å²) in [5, 5.41) is 2.86. The number of hydrogen-bond acceptors (Lipinski definition) is 3. The predicted octanol–water partition coefficient (Wildman–Crippen LogP) is 3.81. The number of nitrogens with zero attached hydrogens (tertiary/aromatic N) is 1. The van der Waals surface area contributed by atoms with Gasteiger partial charge in [0.2, 0.25) is 10.0 Å². The highest BCUT2D eigenvalue weighted by atomic mass is 32.2. The molecule has 0 spiro atoms. The van der Waals surface area contributed by atoms with Crippen molar-refractivity contribution in [3.8, 4) is 0 Å². The molecule has 0 bridgehead atoms. The van der Waals surface area contributed by atoms with Gasteiger partial charge in [-0.05, 0) is 62.6 Å². The number of rotatable bonds is 4. The van der Waals surface area contributed by atoms with Crippen molar-refractivity contribution in [3.63, 3.8) is 0 Å². The third-order valence-electron chi connectivity index (χ3n) is 4.86. The summed E-state index contributed by atoms with van der Waals surface area (Å²) < 4.78 is 27.2. The predicted molar refractivity (Wildman–Crippen MR) is 103 cm³/mol. The number of benzene rings is 2. The summed E-state index contributed by atoms with van der Waals surface area (Å²) in [6, 6.07) is 13.7. The second kappa shape index (κ2) is 7.60. The molecule has 5 nitrogen and oxygen atoms in total. The Morgan fingerprint density at radius 2 is 1.77 bits per heavy atom. The lowest BCUT2D eigenvalue weighted by Gasteiger charge is -2.32. The summed E-state index contributed by atoms with van der Waals surface area (Å²) in [6.45, 7) is 4.42. The van der Waals surface area contributed by atoms with Crippen LogP contribution in [0.4, 0.5) is 5.69 Å². The van der Waals surface area contributed by atoms with Crippen LogP contribution < -0.4 is 5.32 Å². The Morgan fingerprint density at radius 3 is 2.42 bits per heavy atom. The molecule has 26 heavy (non-hydrogen) atoms. The van der Waals surface area contributed by atoms with Gasteiger partial charge >= 0.3 is 0 Å². The molecular weight excluding hydrogens is 348 g/mol. The van der Waals surface area contributed by atoms with Crippen LogP contribution >= 0.6 is 0 Å². The number of sulfonamides is 1. The first-order chi connectivity index (χ1) is 12.4. The maximum atomic E-state index is 12.8. The second-order valence-corrected chi connectivity index (χ2v) is 8.64. The quantitative estimate of drug-likeness (QED) is 0.887. The highest BCUT2D eigenvalue weighted by Gasteiger charge is 2.30. The molecule has 1 atom stereocenters. The van der Waals surface area contributed by atoms with Gasteiger partial charge in [0.05, 0.1) is 4.90 Å². The monoisotopic (exact) mass is 372 g/mol. The maximum Gasteiger partial charge on any atom is 0.255 e. The lowest BCUT2D eigenvalue weighted by molar-refractivity contribution is 0.102. The Morgan fingerprint density at radius 1 is 1.08 bits per heavy atom. The Kier molecular flexibility index (Phi) is 5.44. The van der Waals surface area contributed by atoms with Gasteiger partial charge in [0.15, 0.2) is 0 Å². The molecule has 0 aliphatic carbocycles. The van der Waals surface area contributed by atoms with Gasteiger partial charge in [0.1, 0.15) is 0 Å². The minimum absolute atomic E-state index is 0.0118. The average Bonchev–Trinajstić information content (AvgIpc) is 2.64. The van der Waals surface area contributed by atoms with Crippen LogP contribution in [-0.2, 0) is 10.0 Å². The largest absolute Gasteiger partial charge is 0.322 e.